The number of ether oxygens (including phenoxy) is 2. The predicted molar refractivity (Wildman–Crippen MR) is 86.1 cm³/mol. The standard InChI is InChI=1S/C18H19FN2O3/c19-15-2-1-3-16(9-15)24-12-18(22)21-17-11-23-10-14(17)8-13-4-6-20-7-5-13/h1-7,9,14,17H,8,10-12H2,(H,21,22)/t14-,17-/m1/s1. The number of hydrogen-bond donors (Lipinski definition) is 1. The molecule has 1 amide bonds. The van der Waals surface area contributed by atoms with Crippen LogP contribution in [-0.2, 0) is 16.0 Å². The Hall–Kier alpha value is -2.47. The number of rotatable bonds is 6. The van der Waals surface area contributed by atoms with E-state index in [9.17, 15) is 9.18 Å². The molecule has 1 aliphatic heterocycles. The van der Waals surface area contributed by atoms with Crippen molar-refractivity contribution in [2.75, 3.05) is 19.8 Å². The maximum Gasteiger partial charge on any atom is 0.258 e. The summed E-state index contributed by atoms with van der Waals surface area (Å²) < 4.78 is 23.9. The van der Waals surface area contributed by atoms with Gasteiger partial charge in [0.25, 0.3) is 5.91 Å². The summed E-state index contributed by atoms with van der Waals surface area (Å²) in [6.45, 7) is 0.946. The monoisotopic (exact) mass is 330 g/mol. The molecule has 0 unspecified atom stereocenters. The summed E-state index contributed by atoms with van der Waals surface area (Å²) >= 11 is 0. The minimum absolute atomic E-state index is 0.0539. The third kappa shape index (κ3) is 4.52. The van der Waals surface area contributed by atoms with E-state index in [2.05, 4.69) is 10.3 Å². The van der Waals surface area contributed by atoms with E-state index in [0.29, 0.717) is 19.0 Å². The second-order valence-electron chi connectivity index (χ2n) is 5.78. The molecule has 1 aromatic heterocycles. The van der Waals surface area contributed by atoms with Gasteiger partial charge in [0, 0.05) is 24.4 Å². The molecule has 6 heteroatoms. The first-order chi connectivity index (χ1) is 11.7. The number of nitrogens with zero attached hydrogens (tertiary/aromatic N) is 1. The predicted octanol–water partition coefficient (Wildman–Crippen LogP) is 1.97. The largest absolute Gasteiger partial charge is 0.484 e. The molecule has 1 saturated heterocycles. The van der Waals surface area contributed by atoms with E-state index in [0.717, 1.165) is 12.0 Å². The molecular formula is C18H19FN2O3. The van der Waals surface area contributed by atoms with Crippen LogP contribution in [-0.4, -0.2) is 36.8 Å². The molecule has 0 radical (unpaired) electrons. The van der Waals surface area contributed by atoms with Crippen LogP contribution in [0.25, 0.3) is 0 Å². The second kappa shape index (κ2) is 7.88. The number of halogens is 1. The van der Waals surface area contributed by atoms with Gasteiger partial charge in [0.2, 0.25) is 0 Å². The Morgan fingerprint density at radius 1 is 1.29 bits per heavy atom. The lowest BCUT2D eigenvalue weighted by molar-refractivity contribution is -0.124. The zero-order chi connectivity index (χ0) is 16.8. The van der Waals surface area contributed by atoms with Crippen LogP contribution in [0, 0.1) is 11.7 Å². The highest BCUT2D eigenvalue weighted by Crippen LogP contribution is 2.19. The zero-order valence-corrected chi connectivity index (χ0v) is 13.2. The smallest absolute Gasteiger partial charge is 0.258 e. The number of hydrogen-bond acceptors (Lipinski definition) is 4. The lowest BCUT2D eigenvalue weighted by Crippen LogP contribution is -2.42. The first kappa shape index (κ1) is 16.4. The SMILES string of the molecule is O=C(COc1cccc(F)c1)N[C@@H]1COC[C@H]1Cc1ccncc1. The fraction of sp³-hybridized carbons (Fsp3) is 0.333. The van der Waals surface area contributed by atoms with Crippen molar-refractivity contribution in [3.05, 3.63) is 60.2 Å². The first-order valence-corrected chi connectivity index (χ1v) is 7.85. The van der Waals surface area contributed by atoms with E-state index in [1.807, 2.05) is 12.1 Å². The van der Waals surface area contributed by atoms with Gasteiger partial charge in [0.1, 0.15) is 11.6 Å². The summed E-state index contributed by atoms with van der Waals surface area (Å²) in [5.74, 6) is -0.0873. The van der Waals surface area contributed by atoms with Gasteiger partial charge in [-0.2, -0.15) is 0 Å². The van der Waals surface area contributed by atoms with E-state index in [-0.39, 0.29) is 24.5 Å². The normalized spacial score (nSPS) is 19.9. The first-order valence-electron chi connectivity index (χ1n) is 7.85. The molecule has 24 heavy (non-hydrogen) atoms. The van der Waals surface area contributed by atoms with Crippen molar-refractivity contribution in [1.82, 2.24) is 10.3 Å². The minimum Gasteiger partial charge on any atom is -0.484 e. The van der Waals surface area contributed by atoms with Gasteiger partial charge < -0.3 is 14.8 Å². The van der Waals surface area contributed by atoms with Crippen LogP contribution < -0.4 is 10.1 Å². The van der Waals surface area contributed by atoms with Gasteiger partial charge in [0.05, 0.1) is 19.3 Å². The Morgan fingerprint density at radius 2 is 2.12 bits per heavy atom. The average Bonchev–Trinajstić information content (AvgIpc) is 3.01. The molecule has 2 aromatic rings. The Bertz CT molecular complexity index is 681. The van der Waals surface area contributed by atoms with Crippen molar-refractivity contribution < 1.29 is 18.7 Å². The fourth-order valence-corrected chi connectivity index (χ4v) is 2.74. The third-order valence-electron chi connectivity index (χ3n) is 3.96. The molecule has 1 fully saturated rings. The van der Waals surface area contributed by atoms with Gasteiger partial charge in [-0.15, -0.1) is 0 Å². The molecule has 1 aliphatic rings. The molecule has 2 atom stereocenters. The number of carbonyl (C=O) groups is 1. The van der Waals surface area contributed by atoms with Crippen molar-refractivity contribution >= 4 is 5.91 Å². The number of aromatic nitrogens is 1. The van der Waals surface area contributed by atoms with Crippen molar-refractivity contribution in [2.24, 2.45) is 5.92 Å². The van der Waals surface area contributed by atoms with E-state index in [1.54, 1.807) is 18.5 Å². The van der Waals surface area contributed by atoms with Gasteiger partial charge in [-0.05, 0) is 36.2 Å². The summed E-state index contributed by atoms with van der Waals surface area (Å²) in [5.41, 5.74) is 1.16. The van der Waals surface area contributed by atoms with Crippen LogP contribution in [0.1, 0.15) is 5.56 Å². The molecule has 0 aliphatic carbocycles. The number of carbonyl (C=O) groups excluding carboxylic acids is 1. The molecule has 126 valence electrons. The second-order valence-corrected chi connectivity index (χ2v) is 5.78. The van der Waals surface area contributed by atoms with Gasteiger partial charge in [-0.3, -0.25) is 9.78 Å². The van der Waals surface area contributed by atoms with Crippen LogP contribution in [0.4, 0.5) is 4.39 Å². The minimum atomic E-state index is -0.394. The molecule has 1 aromatic carbocycles. The van der Waals surface area contributed by atoms with Crippen molar-refractivity contribution in [3.63, 3.8) is 0 Å². The molecule has 3 rings (SSSR count). The van der Waals surface area contributed by atoms with Crippen LogP contribution in [0.5, 0.6) is 5.75 Å². The summed E-state index contributed by atoms with van der Waals surface area (Å²) in [4.78, 5) is 16.1. The molecule has 0 spiro atoms. The molecule has 0 bridgehead atoms. The highest BCUT2D eigenvalue weighted by Gasteiger charge is 2.29. The summed E-state index contributed by atoms with van der Waals surface area (Å²) in [6.07, 6.45) is 4.33. The van der Waals surface area contributed by atoms with Gasteiger partial charge in [-0.25, -0.2) is 4.39 Å². The topological polar surface area (TPSA) is 60.5 Å². The maximum atomic E-state index is 13.1. The van der Waals surface area contributed by atoms with Crippen LogP contribution in [0.3, 0.4) is 0 Å². The summed E-state index contributed by atoms with van der Waals surface area (Å²) in [6, 6.07) is 9.60. The highest BCUT2D eigenvalue weighted by atomic mass is 19.1. The molecule has 5 nitrogen and oxygen atoms in total. The lowest BCUT2D eigenvalue weighted by atomic mass is 9.95. The highest BCUT2D eigenvalue weighted by molar-refractivity contribution is 5.77. The Labute approximate surface area is 139 Å². The van der Waals surface area contributed by atoms with Gasteiger partial charge in [-0.1, -0.05) is 6.07 Å². The number of benzene rings is 1. The van der Waals surface area contributed by atoms with Crippen molar-refractivity contribution in [2.45, 2.75) is 12.5 Å². The van der Waals surface area contributed by atoms with E-state index in [4.69, 9.17) is 9.47 Å². The average molecular weight is 330 g/mol. The Balaban J connectivity index is 1.49. The number of amides is 1. The quantitative estimate of drug-likeness (QED) is 0.880. The zero-order valence-electron chi connectivity index (χ0n) is 13.2. The van der Waals surface area contributed by atoms with E-state index >= 15 is 0 Å². The number of nitrogens with one attached hydrogen (secondary N) is 1. The van der Waals surface area contributed by atoms with Crippen LogP contribution in [0.15, 0.2) is 48.8 Å². The molecular weight excluding hydrogens is 311 g/mol. The van der Waals surface area contributed by atoms with Gasteiger partial charge >= 0.3 is 0 Å². The van der Waals surface area contributed by atoms with Crippen LogP contribution >= 0.6 is 0 Å². The Kier molecular flexibility index (Phi) is 5.38. The summed E-state index contributed by atoms with van der Waals surface area (Å²) in [5, 5.41) is 2.94. The fourth-order valence-electron chi connectivity index (χ4n) is 2.74. The molecule has 1 N–H and O–H groups in total. The molecule has 0 saturated carbocycles. The maximum absolute atomic E-state index is 13.1. The van der Waals surface area contributed by atoms with Gasteiger partial charge in [0.15, 0.2) is 6.61 Å². The van der Waals surface area contributed by atoms with Crippen LogP contribution in [0.2, 0.25) is 0 Å². The van der Waals surface area contributed by atoms with Crippen molar-refractivity contribution in [3.8, 4) is 5.75 Å². The van der Waals surface area contributed by atoms with E-state index < -0.39 is 5.82 Å². The van der Waals surface area contributed by atoms with Crippen molar-refractivity contribution in [1.29, 1.82) is 0 Å². The third-order valence-corrected chi connectivity index (χ3v) is 3.96. The summed E-state index contributed by atoms with van der Waals surface area (Å²) in [7, 11) is 0. The number of pyridine rings is 1. The Morgan fingerprint density at radius 3 is 2.92 bits per heavy atom. The van der Waals surface area contributed by atoms with E-state index in [1.165, 1.54) is 18.2 Å². The lowest BCUT2D eigenvalue weighted by Gasteiger charge is -2.19. The molecule has 2 heterocycles.